The fraction of sp³-hybridized carbons (Fsp3) is 0.444. The molecule has 8 nitrogen and oxygen atoms in total. The van der Waals surface area contributed by atoms with Crippen LogP contribution in [0.1, 0.15) is 0 Å². The minimum atomic E-state index is 0.758. The van der Waals surface area contributed by atoms with Crippen LogP contribution in [0.25, 0.3) is 10.2 Å². The molecule has 0 aliphatic carbocycles. The minimum Gasteiger partial charge on any atom is -0.378 e. The van der Waals surface area contributed by atoms with E-state index in [4.69, 9.17) is 4.74 Å². The molecule has 2 saturated heterocycles. The maximum Gasteiger partial charge on any atom is 0.140 e. The average molecular weight is 383 g/mol. The van der Waals surface area contributed by atoms with E-state index in [2.05, 4.69) is 52.1 Å². The summed E-state index contributed by atoms with van der Waals surface area (Å²) in [5, 5.41) is 3.22. The number of fused-ring (bicyclic) bond motifs is 1. The first-order chi connectivity index (χ1) is 13.4. The zero-order chi connectivity index (χ0) is 18.1. The first-order valence-corrected chi connectivity index (χ1v) is 10.1. The fourth-order valence-corrected chi connectivity index (χ4v) is 4.38. The Bertz CT molecular complexity index is 919. The third-order valence-corrected chi connectivity index (χ3v) is 5.94. The number of morpholine rings is 1. The molecule has 0 amide bonds. The van der Waals surface area contributed by atoms with Crippen molar-refractivity contribution in [3.05, 3.63) is 30.2 Å². The van der Waals surface area contributed by atoms with Gasteiger partial charge < -0.3 is 19.4 Å². The zero-order valence-electron chi connectivity index (χ0n) is 15.0. The minimum absolute atomic E-state index is 0.758. The Morgan fingerprint density at radius 1 is 0.778 bits per heavy atom. The Kier molecular flexibility index (Phi) is 4.46. The summed E-state index contributed by atoms with van der Waals surface area (Å²) in [5.41, 5.74) is 0. The molecule has 3 aromatic rings. The lowest BCUT2D eigenvalue weighted by Crippen LogP contribution is -2.47. The summed E-state index contributed by atoms with van der Waals surface area (Å²) in [6.45, 7) is 6.94. The molecule has 9 heteroatoms. The molecule has 2 fully saturated rings. The van der Waals surface area contributed by atoms with Crippen LogP contribution in [0.4, 0.5) is 17.5 Å². The molecule has 2 aliphatic rings. The second-order valence-electron chi connectivity index (χ2n) is 6.64. The summed E-state index contributed by atoms with van der Waals surface area (Å²) in [5.74, 6) is 3.02. The van der Waals surface area contributed by atoms with Crippen molar-refractivity contribution in [2.24, 2.45) is 0 Å². The number of nitrogens with zero attached hydrogens (tertiary/aromatic N) is 7. The lowest BCUT2D eigenvalue weighted by Gasteiger charge is -2.36. The smallest absolute Gasteiger partial charge is 0.140 e. The molecule has 5 heterocycles. The zero-order valence-corrected chi connectivity index (χ0v) is 15.8. The van der Waals surface area contributed by atoms with Crippen molar-refractivity contribution in [2.75, 3.05) is 67.2 Å². The predicted molar refractivity (Wildman–Crippen MR) is 107 cm³/mol. The van der Waals surface area contributed by atoms with Gasteiger partial charge in [0.1, 0.15) is 34.9 Å². The van der Waals surface area contributed by atoms with Gasteiger partial charge in [-0.3, -0.25) is 0 Å². The van der Waals surface area contributed by atoms with Crippen LogP contribution in [0.2, 0.25) is 0 Å². The molecule has 140 valence electrons. The lowest BCUT2D eigenvalue weighted by atomic mass is 10.2. The van der Waals surface area contributed by atoms with Gasteiger partial charge in [0.05, 0.1) is 18.6 Å². The number of thiophene rings is 1. The van der Waals surface area contributed by atoms with Crippen molar-refractivity contribution >= 4 is 39.0 Å². The van der Waals surface area contributed by atoms with Gasteiger partial charge in [-0.2, -0.15) is 0 Å². The highest BCUT2D eigenvalue weighted by Gasteiger charge is 2.22. The van der Waals surface area contributed by atoms with E-state index >= 15 is 0 Å². The van der Waals surface area contributed by atoms with Gasteiger partial charge in [0.15, 0.2) is 0 Å². The number of hydrogen-bond donors (Lipinski definition) is 0. The van der Waals surface area contributed by atoms with E-state index in [1.807, 2.05) is 0 Å². The molecule has 3 aromatic heterocycles. The Labute approximate surface area is 161 Å². The molecule has 0 spiro atoms. The van der Waals surface area contributed by atoms with Crippen LogP contribution in [-0.2, 0) is 4.74 Å². The van der Waals surface area contributed by atoms with Gasteiger partial charge in [-0.05, 0) is 11.4 Å². The number of ether oxygens (including phenoxy) is 1. The molecular formula is C18H21N7OS. The maximum atomic E-state index is 5.44. The number of aromatic nitrogens is 4. The van der Waals surface area contributed by atoms with Crippen molar-refractivity contribution in [1.82, 2.24) is 19.9 Å². The molecule has 27 heavy (non-hydrogen) atoms. The van der Waals surface area contributed by atoms with E-state index in [-0.39, 0.29) is 0 Å². The summed E-state index contributed by atoms with van der Waals surface area (Å²) in [7, 11) is 0. The maximum absolute atomic E-state index is 5.44. The molecule has 0 unspecified atom stereocenters. The van der Waals surface area contributed by atoms with E-state index in [1.165, 1.54) is 0 Å². The Morgan fingerprint density at radius 2 is 1.44 bits per heavy atom. The van der Waals surface area contributed by atoms with Gasteiger partial charge in [0, 0.05) is 45.3 Å². The number of hydrogen-bond acceptors (Lipinski definition) is 9. The van der Waals surface area contributed by atoms with Crippen LogP contribution >= 0.6 is 11.3 Å². The number of anilines is 3. The van der Waals surface area contributed by atoms with E-state index < -0.39 is 0 Å². The highest BCUT2D eigenvalue weighted by atomic mass is 32.1. The molecule has 0 radical (unpaired) electrons. The SMILES string of the molecule is c1nc(N2CCOCC2)cc(N2CCN(c3ncnc4sccc34)CC2)n1. The second kappa shape index (κ2) is 7.24. The van der Waals surface area contributed by atoms with Crippen molar-refractivity contribution in [3.63, 3.8) is 0 Å². The average Bonchev–Trinajstić information content (AvgIpc) is 3.24. The summed E-state index contributed by atoms with van der Waals surface area (Å²) in [6.07, 6.45) is 3.34. The van der Waals surface area contributed by atoms with Gasteiger partial charge in [0.2, 0.25) is 0 Å². The summed E-state index contributed by atoms with van der Waals surface area (Å²) >= 11 is 1.66. The van der Waals surface area contributed by atoms with Crippen LogP contribution in [0.5, 0.6) is 0 Å². The van der Waals surface area contributed by atoms with Gasteiger partial charge in [-0.15, -0.1) is 11.3 Å². The van der Waals surface area contributed by atoms with Gasteiger partial charge in [0.25, 0.3) is 0 Å². The number of piperazine rings is 1. The Morgan fingerprint density at radius 3 is 2.22 bits per heavy atom. The Hall–Kier alpha value is -2.52. The quantitative estimate of drug-likeness (QED) is 0.676. The normalized spacial score (nSPS) is 18.3. The highest BCUT2D eigenvalue weighted by Crippen LogP contribution is 2.28. The standard InChI is InChI=1S/C18H21N7OS/c1-10-27-18-14(1)17(21-13-22-18)25-4-2-23(3-5-25)15-11-16(20-12-19-15)24-6-8-26-9-7-24/h1,10-13H,2-9H2. The van der Waals surface area contributed by atoms with Gasteiger partial charge >= 0.3 is 0 Å². The third kappa shape index (κ3) is 3.28. The fourth-order valence-electron chi connectivity index (χ4n) is 3.65. The second-order valence-corrected chi connectivity index (χ2v) is 7.54. The topological polar surface area (TPSA) is 70.5 Å². The number of rotatable bonds is 3. The van der Waals surface area contributed by atoms with Gasteiger partial charge in [-0.25, -0.2) is 19.9 Å². The Balaban J connectivity index is 1.30. The molecule has 0 N–H and O–H groups in total. The van der Waals surface area contributed by atoms with Crippen molar-refractivity contribution in [3.8, 4) is 0 Å². The van der Waals surface area contributed by atoms with E-state index in [0.29, 0.717) is 0 Å². The van der Waals surface area contributed by atoms with E-state index in [0.717, 1.165) is 80.2 Å². The molecule has 0 aromatic carbocycles. The molecule has 0 bridgehead atoms. The monoisotopic (exact) mass is 383 g/mol. The third-order valence-electron chi connectivity index (χ3n) is 5.12. The lowest BCUT2D eigenvalue weighted by molar-refractivity contribution is 0.122. The van der Waals surface area contributed by atoms with Crippen molar-refractivity contribution in [1.29, 1.82) is 0 Å². The predicted octanol–water partition coefficient (Wildman–Crippen LogP) is 1.64. The largest absolute Gasteiger partial charge is 0.378 e. The molecule has 0 atom stereocenters. The first-order valence-electron chi connectivity index (χ1n) is 9.21. The van der Waals surface area contributed by atoms with Crippen LogP contribution in [0.3, 0.4) is 0 Å². The highest BCUT2D eigenvalue weighted by molar-refractivity contribution is 7.16. The summed E-state index contributed by atoms with van der Waals surface area (Å²) in [4.78, 5) is 25.8. The van der Waals surface area contributed by atoms with Crippen LogP contribution < -0.4 is 14.7 Å². The van der Waals surface area contributed by atoms with Crippen LogP contribution in [0, 0.1) is 0 Å². The van der Waals surface area contributed by atoms with E-state index in [9.17, 15) is 0 Å². The van der Waals surface area contributed by atoms with Crippen LogP contribution in [-0.4, -0.2) is 72.4 Å². The van der Waals surface area contributed by atoms with E-state index in [1.54, 1.807) is 24.0 Å². The van der Waals surface area contributed by atoms with Crippen LogP contribution in [0.15, 0.2) is 30.2 Å². The van der Waals surface area contributed by atoms with Gasteiger partial charge in [-0.1, -0.05) is 0 Å². The molecular weight excluding hydrogens is 362 g/mol. The summed E-state index contributed by atoms with van der Waals surface area (Å²) in [6, 6.07) is 4.21. The first kappa shape index (κ1) is 16.6. The summed E-state index contributed by atoms with van der Waals surface area (Å²) < 4.78 is 5.44. The molecule has 2 aliphatic heterocycles. The molecule has 0 saturated carbocycles. The molecule has 5 rings (SSSR count). The van der Waals surface area contributed by atoms with Crippen molar-refractivity contribution in [2.45, 2.75) is 0 Å². The van der Waals surface area contributed by atoms with Crippen molar-refractivity contribution < 1.29 is 4.74 Å².